The maximum atomic E-state index is 11.5. The molecule has 2 aromatic rings. The number of alkyl halides is 1. The number of carbonyl (C=O) groups excluding carboxylic acids is 1. The van der Waals surface area contributed by atoms with Gasteiger partial charge in [-0.25, -0.2) is 9.78 Å². The standard InChI is InChI=1S/C11H11ClN2O2/c1-2-16-11(15)8-3-4-10-13-9(5-12)7-14(10)6-8/h3-4,6-7H,2,5H2,1H3. The Bertz CT molecular complexity index is 522. The molecule has 2 aromatic heterocycles. The van der Waals surface area contributed by atoms with Crippen molar-refractivity contribution in [3.8, 4) is 0 Å². The number of hydrogen-bond acceptors (Lipinski definition) is 3. The molecular formula is C11H11ClN2O2. The molecule has 4 nitrogen and oxygen atoms in total. The van der Waals surface area contributed by atoms with E-state index in [2.05, 4.69) is 4.98 Å². The summed E-state index contributed by atoms with van der Waals surface area (Å²) in [4.78, 5) is 15.7. The van der Waals surface area contributed by atoms with Gasteiger partial charge in [-0.2, -0.15) is 0 Å². The molecule has 16 heavy (non-hydrogen) atoms. The Balaban J connectivity index is 2.39. The van der Waals surface area contributed by atoms with Crippen molar-refractivity contribution in [1.82, 2.24) is 9.38 Å². The van der Waals surface area contributed by atoms with Crippen molar-refractivity contribution in [3.05, 3.63) is 35.8 Å². The summed E-state index contributed by atoms with van der Waals surface area (Å²) >= 11 is 5.68. The van der Waals surface area contributed by atoms with Gasteiger partial charge in [-0.05, 0) is 19.1 Å². The zero-order chi connectivity index (χ0) is 11.5. The second-order valence-electron chi connectivity index (χ2n) is 3.27. The van der Waals surface area contributed by atoms with Crippen LogP contribution in [0.1, 0.15) is 23.0 Å². The highest BCUT2D eigenvalue weighted by molar-refractivity contribution is 6.16. The minimum atomic E-state index is -0.328. The van der Waals surface area contributed by atoms with E-state index in [0.29, 0.717) is 18.1 Å². The number of ether oxygens (including phenoxy) is 1. The first kappa shape index (κ1) is 11.0. The van der Waals surface area contributed by atoms with E-state index in [1.165, 1.54) is 0 Å². The summed E-state index contributed by atoms with van der Waals surface area (Å²) < 4.78 is 6.68. The number of nitrogens with zero attached hydrogens (tertiary/aromatic N) is 2. The van der Waals surface area contributed by atoms with Crippen LogP contribution in [0, 0.1) is 0 Å². The molecular weight excluding hydrogens is 228 g/mol. The van der Waals surface area contributed by atoms with Crippen molar-refractivity contribution in [2.45, 2.75) is 12.8 Å². The predicted molar refractivity (Wildman–Crippen MR) is 60.7 cm³/mol. The van der Waals surface area contributed by atoms with Gasteiger partial charge in [-0.15, -0.1) is 11.6 Å². The fourth-order valence-electron chi connectivity index (χ4n) is 1.44. The van der Waals surface area contributed by atoms with E-state index in [1.54, 1.807) is 35.9 Å². The smallest absolute Gasteiger partial charge is 0.339 e. The Labute approximate surface area is 97.8 Å². The molecule has 0 saturated carbocycles. The quantitative estimate of drug-likeness (QED) is 0.609. The molecule has 0 aliphatic carbocycles. The molecule has 2 rings (SSSR count). The van der Waals surface area contributed by atoms with Crippen molar-refractivity contribution in [2.75, 3.05) is 6.61 Å². The number of imidazole rings is 1. The highest BCUT2D eigenvalue weighted by atomic mass is 35.5. The van der Waals surface area contributed by atoms with E-state index in [4.69, 9.17) is 16.3 Å². The third-order valence-corrected chi connectivity index (χ3v) is 2.42. The average Bonchev–Trinajstić information content (AvgIpc) is 2.70. The second kappa shape index (κ2) is 4.53. The molecule has 2 heterocycles. The molecule has 0 amide bonds. The Morgan fingerprint density at radius 2 is 2.31 bits per heavy atom. The van der Waals surface area contributed by atoms with Crippen molar-refractivity contribution in [3.63, 3.8) is 0 Å². The number of esters is 1. The topological polar surface area (TPSA) is 43.6 Å². The monoisotopic (exact) mass is 238 g/mol. The average molecular weight is 239 g/mol. The fraction of sp³-hybridized carbons (Fsp3) is 0.273. The Kier molecular flexibility index (Phi) is 3.10. The van der Waals surface area contributed by atoms with Crippen LogP contribution in [0.3, 0.4) is 0 Å². The van der Waals surface area contributed by atoms with Crippen LogP contribution in [0.15, 0.2) is 24.5 Å². The van der Waals surface area contributed by atoms with E-state index in [0.717, 1.165) is 11.3 Å². The van der Waals surface area contributed by atoms with Crippen molar-refractivity contribution in [1.29, 1.82) is 0 Å². The molecule has 0 N–H and O–H groups in total. The van der Waals surface area contributed by atoms with E-state index in [1.807, 2.05) is 0 Å². The molecule has 0 aromatic carbocycles. The van der Waals surface area contributed by atoms with E-state index in [9.17, 15) is 4.79 Å². The Morgan fingerprint density at radius 1 is 1.50 bits per heavy atom. The third kappa shape index (κ3) is 2.02. The Morgan fingerprint density at radius 3 is 3.00 bits per heavy atom. The first-order valence-corrected chi connectivity index (χ1v) is 5.48. The number of fused-ring (bicyclic) bond motifs is 1. The summed E-state index contributed by atoms with van der Waals surface area (Å²) in [6.45, 7) is 2.15. The molecule has 0 spiro atoms. The first-order chi connectivity index (χ1) is 7.74. The fourth-order valence-corrected chi connectivity index (χ4v) is 1.57. The lowest BCUT2D eigenvalue weighted by atomic mass is 10.3. The molecule has 0 unspecified atom stereocenters. The second-order valence-corrected chi connectivity index (χ2v) is 3.54. The van der Waals surface area contributed by atoms with Crippen LogP contribution in [0.25, 0.3) is 5.65 Å². The van der Waals surface area contributed by atoms with Gasteiger partial charge in [0.25, 0.3) is 0 Å². The summed E-state index contributed by atoms with van der Waals surface area (Å²) in [5, 5.41) is 0. The van der Waals surface area contributed by atoms with Gasteiger partial charge >= 0.3 is 5.97 Å². The van der Waals surface area contributed by atoms with Gasteiger partial charge in [-0.3, -0.25) is 0 Å². The highest BCUT2D eigenvalue weighted by Gasteiger charge is 2.08. The van der Waals surface area contributed by atoms with Crippen LogP contribution in [0.2, 0.25) is 0 Å². The number of aromatic nitrogens is 2. The normalized spacial score (nSPS) is 10.6. The van der Waals surface area contributed by atoms with Crippen LogP contribution in [-0.4, -0.2) is 22.0 Å². The molecule has 0 fully saturated rings. The van der Waals surface area contributed by atoms with Crippen LogP contribution in [-0.2, 0) is 10.6 Å². The lowest BCUT2D eigenvalue weighted by molar-refractivity contribution is 0.0526. The molecule has 0 aliphatic heterocycles. The maximum absolute atomic E-state index is 11.5. The minimum absolute atomic E-state index is 0.328. The summed E-state index contributed by atoms with van der Waals surface area (Å²) in [7, 11) is 0. The van der Waals surface area contributed by atoms with Gasteiger partial charge in [0.1, 0.15) is 5.65 Å². The van der Waals surface area contributed by atoms with Crippen LogP contribution in [0.4, 0.5) is 0 Å². The number of carbonyl (C=O) groups is 1. The van der Waals surface area contributed by atoms with Crippen LogP contribution < -0.4 is 0 Å². The zero-order valence-corrected chi connectivity index (χ0v) is 9.57. The van der Waals surface area contributed by atoms with Gasteiger partial charge in [0, 0.05) is 12.4 Å². The SMILES string of the molecule is CCOC(=O)c1ccc2nc(CCl)cn2c1. The van der Waals surface area contributed by atoms with Crippen LogP contribution >= 0.6 is 11.6 Å². The molecule has 0 atom stereocenters. The number of rotatable bonds is 3. The molecule has 0 bridgehead atoms. The lowest BCUT2D eigenvalue weighted by Crippen LogP contribution is -2.05. The third-order valence-electron chi connectivity index (χ3n) is 2.15. The van der Waals surface area contributed by atoms with Crippen molar-refractivity contribution >= 4 is 23.2 Å². The van der Waals surface area contributed by atoms with Gasteiger partial charge in [0.15, 0.2) is 0 Å². The Hall–Kier alpha value is -1.55. The summed E-state index contributed by atoms with van der Waals surface area (Å²) in [6.07, 6.45) is 3.49. The number of pyridine rings is 1. The summed E-state index contributed by atoms with van der Waals surface area (Å²) in [5.74, 6) is 0.0293. The number of halogens is 1. The zero-order valence-electron chi connectivity index (χ0n) is 8.81. The van der Waals surface area contributed by atoms with Gasteiger partial charge < -0.3 is 9.14 Å². The highest BCUT2D eigenvalue weighted by Crippen LogP contribution is 2.10. The summed E-state index contributed by atoms with van der Waals surface area (Å²) in [5.41, 5.74) is 2.05. The van der Waals surface area contributed by atoms with E-state index < -0.39 is 0 Å². The van der Waals surface area contributed by atoms with Crippen molar-refractivity contribution < 1.29 is 9.53 Å². The predicted octanol–water partition coefficient (Wildman–Crippen LogP) is 2.25. The molecule has 84 valence electrons. The summed E-state index contributed by atoms with van der Waals surface area (Å²) in [6, 6.07) is 3.46. The molecule has 5 heteroatoms. The van der Waals surface area contributed by atoms with E-state index in [-0.39, 0.29) is 5.97 Å². The van der Waals surface area contributed by atoms with Crippen molar-refractivity contribution in [2.24, 2.45) is 0 Å². The van der Waals surface area contributed by atoms with E-state index >= 15 is 0 Å². The number of hydrogen-bond donors (Lipinski definition) is 0. The molecule has 0 saturated heterocycles. The van der Waals surface area contributed by atoms with Crippen LogP contribution in [0.5, 0.6) is 0 Å². The van der Waals surface area contributed by atoms with Gasteiger partial charge in [-0.1, -0.05) is 0 Å². The largest absolute Gasteiger partial charge is 0.462 e. The minimum Gasteiger partial charge on any atom is -0.462 e. The maximum Gasteiger partial charge on any atom is 0.339 e. The first-order valence-electron chi connectivity index (χ1n) is 4.95. The van der Waals surface area contributed by atoms with Gasteiger partial charge in [0.05, 0.1) is 23.7 Å². The molecule has 0 radical (unpaired) electrons. The van der Waals surface area contributed by atoms with Gasteiger partial charge in [0.2, 0.25) is 0 Å². The lowest BCUT2D eigenvalue weighted by Gasteiger charge is -2.01. The molecule has 0 aliphatic rings.